The molecule has 1 amide bonds. The van der Waals surface area contributed by atoms with E-state index in [1.54, 1.807) is 12.1 Å². The van der Waals surface area contributed by atoms with E-state index in [1.807, 2.05) is 13.0 Å². The Morgan fingerprint density at radius 3 is 2.63 bits per heavy atom. The summed E-state index contributed by atoms with van der Waals surface area (Å²) in [6, 6.07) is 5.31. The highest BCUT2D eigenvalue weighted by Gasteiger charge is 2.33. The van der Waals surface area contributed by atoms with E-state index in [2.05, 4.69) is 5.32 Å². The van der Waals surface area contributed by atoms with Crippen LogP contribution in [0.4, 0.5) is 5.69 Å². The number of rotatable bonds is 3. The van der Waals surface area contributed by atoms with Crippen molar-refractivity contribution in [1.29, 1.82) is 0 Å². The summed E-state index contributed by atoms with van der Waals surface area (Å²) in [5.74, 6) is -1.54. The molecule has 1 saturated carbocycles. The number of aliphatic carboxylic acids is 1. The third-order valence-electron chi connectivity index (χ3n) is 3.61. The van der Waals surface area contributed by atoms with E-state index >= 15 is 0 Å². The van der Waals surface area contributed by atoms with Crippen LogP contribution < -0.4 is 5.32 Å². The van der Waals surface area contributed by atoms with Crippen molar-refractivity contribution in [3.8, 4) is 0 Å². The van der Waals surface area contributed by atoms with Gasteiger partial charge in [0.25, 0.3) is 0 Å². The molecule has 0 heterocycles. The van der Waals surface area contributed by atoms with Crippen LogP contribution in [0.3, 0.4) is 0 Å². The van der Waals surface area contributed by atoms with Gasteiger partial charge in [0.2, 0.25) is 5.91 Å². The number of halogens is 1. The fourth-order valence-electron chi connectivity index (χ4n) is 2.41. The van der Waals surface area contributed by atoms with Gasteiger partial charge < -0.3 is 10.4 Å². The first kappa shape index (κ1) is 13.9. The Balaban J connectivity index is 2.02. The van der Waals surface area contributed by atoms with Gasteiger partial charge in [0.1, 0.15) is 0 Å². The lowest BCUT2D eigenvalue weighted by Crippen LogP contribution is -2.22. The standard InChI is InChI=1S/C14H16ClNO3/c1-8-2-5-11(15)7-12(8)16-13(17)9-3-4-10(6-9)14(18)19/h2,5,7,9-10H,3-4,6H2,1H3,(H,16,17)(H,18,19)/t9-,10+/m1/s1. The summed E-state index contributed by atoms with van der Waals surface area (Å²) in [4.78, 5) is 23.0. The number of carbonyl (C=O) groups is 2. The maximum atomic E-state index is 12.1. The SMILES string of the molecule is Cc1ccc(Cl)cc1NC(=O)[C@@H]1CC[C@H](C(=O)O)C1. The van der Waals surface area contributed by atoms with Crippen LogP contribution in [0.5, 0.6) is 0 Å². The van der Waals surface area contributed by atoms with Crippen LogP contribution in [0.1, 0.15) is 24.8 Å². The van der Waals surface area contributed by atoms with Gasteiger partial charge in [-0.05, 0) is 43.9 Å². The number of aryl methyl sites for hydroxylation is 1. The summed E-state index contributed by atoms with van der Waals surface area (Å²) in [5, 5.41) is 12.3. The number of carbonyl (C=O) groups excluding carboxylic acids is 1. The second-order valence-corrected chi connectivity index (χ2v) is 5.43. The smallest absolute Gasteiger partial charge is 0.306 e. The Morgan fingerprint density at radius 1 is 1.32 bits per heavy atom. The first-order valence-electron chi connectivity index (χ1n) is 6.27. The van der Waals surface area contributed by atoms with Crippen molar-refractivity contribution >= 4 is 29.2 Å². The molecular weight excluding hydrogens is 266 g/mol. The quantitative estimate of drug-likeness (QED) is 0.895. The van der Waals surface area contributed by atoms with Crippen molar-refractivity contribution in [2.45, 2.75) is 26.2 Å². The molecule has 0 unspecified atom stereocenters. The zero-order valence-electron chi connectivity index (χ0n) is 10.6. The van der Waals surface area contributed by atoms with Crippen LogP contribution in [-0.2, 0) is 9.59 Å². The number of anilines is 1. The van der Waals surface area contributed by atoms with Gasteiger partial charge in [0, 0.05) is 16.6 Å². The zero-order chi connectivity index (χ0) is 14.0. The first-order valence-corrected chi connectivity index (χ1v) is 6.65. The zero-order valence-corrected chi connectivity index (χ0v) is 11.4. The predicted molar refractivity (Wildman–Crippen MR) is 73.3 cm³/mol. The first-order chi connectivity index (χ1) is 8.97. The number of carboxylic acids is 1. The maximum Gasteiger partial charge on any atom is 0.306 e. The molecular formula is C14H16ClNO3. The Morgan fingerprint density at radius 2 is 2.00 bits per heavy atom. The molecule has 0 spiro atoms. The van der Waals surface area contributed by atoms with Crippen molar-refractivity contribution in [3.05, 3.63) is 28.8 Å². The number of nitrogens with one attached hydrogen (secondary N) is 1. The van der Waals surface area contributed by atoms with E-state index in [0.29, 0.717) is 30.0 Å². The van der Waals surface area contributed by atoms with Gasteiger partial charge in [-0.15, -0.1) is 0 Å². The number of amides is 1. The summed E-state index contributed by atoms with van der Waals surface area (Å²) in [6.45, 7) is 1.89. The van der Waals surface area contributed by atoms with Gasteiger partial charge >= 0.3 is 5.97 Å². The van der Waals surface area contributed by atoms with E-state index in [4.69, 9.17) is 16.7 Å². The lowest BCUT2D eigenvalue weighted by Gasteiger charge is -2.13. The lowest BCUT2D eigenvalue weighted by atomic mass is 10.0. The summed E-state index contributed by atoms with van der Waals surface area (Å²) in [6.07, 6.45) is 1.62. The summed E-state index contributed by atoms with van der Waals surface area (Å²) < 4.78 is 0. The number of benzene rings is 1. The summed E-state index contributed by atoms with van der Waals surface area (Å²) in [7, 11) is 0. The minimum Gasteiger partial charge on any atom is -0.481 e. The molecule has 19 heavy (non-hydrogen) atoms. The normalized spacial score (nSPS) is 22.2. The molecule has 2 atom stereocenters. The fourth-order valence-corrected chi connectivity index (χ4v) is 2.58. The molecule has 0 radical (unpaired) electrons. The highest BCUT2D eigenvalue weighted by Crippen LogP contribution is 2.32. The Kier molecular flexibility index (Phi) is 4.10. The fraction of sp³-hybridized carbons (Fsp3) is 0.429. The molecule has 4 nitrogen and oxygen atoms in total. The second-order valence-electron chi connectivity index (χ2n) is 4.99. The molecule has 1 fully saturated rings. The summed E-state index contributed by atoms with van der Waals surface area (Å²) in [5.41, 5.74) is 1.63. The second kappa shape index (κ2) is 5.61. The van der Waals surface area contributed by atoms with Gasteiger partial charge in [0.15, 0.2) is 0 Å². The average Bonchev–Trinajstić information content (AvgIpc) is 2.83. The monoisotopic (exact) mass is 281 g/mol. The number of carboxylic acid groups (broad SMARTS) is 1. The van der Waals surface area contributed by atoms with Crippen molar-refractivity contribution in [1.82, 2.24) is 0 Å². The molecule has 1 aromatic carbocycles. The van der Waals surface area contributed by atoms with Crippen LogP contribution in [0.2, 0.25) is 5.02 Å². The maximum absolute atomic E-state index is 12.1. The highest BCUT2D eigenvalue weighted by atomic mass is 35.5. The highest BCUT2D eigenvalue weighted by molar-refractivity contribution is 6.31. The third-order valence-corrected chi connectivity index (χ3v) is 3.85. The minimum absolute atomic E-state index is 0.117. The molecule has 1 aliphatic rings. The molecule has 0 saturated heterocycles. The van der Waals surface area contributed by atoms with Crippen LogP contribution in [-0.4, -0.2) is 17.0 Å². The Labute approximate surface area is 116 Å². The molecule has 0 aromatic heterocycles. The van der Waals surface area contributed by atoms with Crippen molar-refractivity contribution in [2.75, 3.05) is 5.32 Å². The molecule has 1 aliphatic carbocycles. The van der Waals surface area contributed by atoms with E-state index in [0.717, 1.165) is 5.56 Å². The van der Waals surface area contributed by atoms with Crippen molar-refractivity contribution < 1.29 is 14.7 Å². The number of hydrogen-bond donors (Lipinski definition) is 2. The van der Waals surface area contributed by atoms with Gasteiger partial charge in [-0.2, -0.15) is 0 Å². The third kappa shape index (κ3) is 3.26. The van der Waals surface area contributed by atoms with Gasteiger partial charge in [0.05, 0.1) is 5.92 Å². The number of hydrogen-bond acceptors (Lipinski definition) is 2. The van der Waals surface area contributed by atoms with E-state index in [1.165, 1.54) is 0 Å². The van der Waals surface area contributed by atoms with Crippen LogP contribution >= 0.6 is 11.6 Å². The van der Waals surface area contributed by atoms with Crippen LogP contribution in [0, 0.1) is 18.8 Å². The topological polar surface area (TPSA) is 66.4 Å². The van der Waals surface area contributed by atoms with E-state index < -0.39 is 11.9 Å². The molecule has 2 N–H and O–H groups in total. The van der Waals surface area contributed by atoms with Gasteiger partial charge in [-0.25, -0.2) is 0 Å². The molecule has 102 valence electrons. The lowest BCUT2D eigenvalue weighted by molar-refractivity contribution is -0.141. The van der Waals surface area contributed by atoms with Crippen molar-refractivity contribution in [2.24, 2.45) is 11.8 Å². The minimum atomic E-state index is -0.811. The van der Waals surface area contributed by atoms with Crippen molar-refractivity contribution in [3.63, 3.8) is 0 Å². The van der Waals surface area contributed by atoms with E-state index in [9.17, 15) is 9.59 Å². The van der Waals surface area contributed by atoms with Gasteiger partial charge in [-0.1, -0.05) is 17.7 Å². The van der Waals surface area contributed by atoms with Crippen LogP contribution in [0.15, 0.2) is 18.2 Å². The van der Waals surface area contributed by atoms with Gasteiger partial charge in [-0.3, -0.25) is 9.59 Å². The summed E-state index contributed by atoms with van der Waals surface area (Å²) >= 11 is 5.90. The molecule has 0 bridgehead atoms. The van der Waals surface area contributed by atoms with Crippen LogP contribution in [0.25, 0.3) is 0 Å². The van der Waals surface area contributed by atoms with E-state index in [-0.39, 0.29) is 11.8 Å². The predicted octanol–water partition coefficient (Wildman–Crippen LogP) is 3.09. The largest absolute Gasteiger partial charge is 0.481 e. The Bertz CT molecular complexity index is 515. The molecule has 5 heteroatoms. The molecule has 1 aromatic rings. The Hall–Kier alpha value is -1.55. The molecule has 2 rings (SSSR count). The molecule has 0 aliphatic heterocycles. The average molecular weight is 282 g/mol.